The van der Waals surface area contributed by atoms with E-state index in [1.54, 1.807) is 18.7 Å². The molecule has 48 heavy (non-hydrogen) atoms. The molecule has 4 N–H and O–H groups in total. The van der Waals surface area contributed by atoms with Crippen LogP contribution in [0.3, 0.4) is 0 Å². The Morgan fingerprint density at radius 2 is 1.56 bits per heavy atom. The van der Waals surface area contributed by atoms with Crippen molar-refractivity contribution in [3.63, 3.8) is 0 Å². The summed E-state index contributed by atoms with van der Waals surface area (Å²) in [7, 11) is 0. The number of hydrogen-bond donors (Lipinski definition) is 4. The Balaban J connectivity index is 1.27. The number of benzene rings is 4. The molecule has 0 unspecified atom stereocenters. The number of para-hydroxylation sites is 1. The van der Waals surface area contributed by atoms with E-state index in [1.165, 1.54) is 5.56 Å². The number of carbonyl (C=O) groups is 3. The van der Waals surface area contributed by atoms with Gasteiger partial charge in [-0.2, -0.15) is 0 Å². The molecule has 1 heterocycles. The molecule has 0 aliphatic carbocycles. The smallest absolute Gasteiger partial charge is 0.408 e. The van der Waals surface area contributed by atoms with E-state index in [1.807, 2.05) is 60.7 Å². The molecule has 0 bridgehead atoms. The second kappa shape index (κ2) is 16.2. The summed E-state index contributed by atoms with van der Waals surface area (Å²) in [4.78, 5) is 41.9. The molecule has 1 aliphatic rings. The number of hydrogen-bond acceptors (Lipinski definition) is 6. The van der Waals surface area contributed by atoms with Gasteiger partial charge in [0.2, 0.25) is 11.8 Å². The molecule has 0 aromatic heterocycles. The SMILES string of the molecule is CCNCNCc1ccccc1-c1ccc(CN2C(=O)[C@H](NC(=O)C(C)(C)NC(=O)OCc3ccccc3)CCc3ccccc32)cc1. The van der Waals surface area contributed by atoms with Gasteiger partial charge in [0.1, 0.15) is 18.2 Å². The highest BCUT2D eigenvalue weighted by Gasteiger charge is 2.36. The largest absolute Gasteiger partial charge is 0.445 e. The standard InChI is InChI=1S/C39H45N5O4/c1-4-40-27-41-24-32-15-8-10-16-33(32)30-20-18-28(19-21-30)25-44-35-17-11-9-14-31(35)22-23-34(36(44)45)42-37(46)39(2,3)43-38(47)48-26-29-12-6-5-7-13-29/h5-21,34,40-41H,4,22-27H2,1-3H3,(H,42,46)(H,43,47)/t34-/m1/s1. The summed E-state index contributed by atoms with van der Waals surface area (Å²) >= 11 is 0. The fraction of sp³-hybridized carbons (Fsp3) is 0.308. The fourth-order valence-electron chi connectivity index (χ4n) is 5.76. The van der Waals surface area contributed by atoms with Crippen molar-refractivity contribution in [1.82, 2.24) is 21.3 Å². The summed E-state index contributed by atoms with van der Waals surface area (Å²) in [5.74, 6) is -0.664. The van der Waals surface area contributed by atoms with Gasteiger partial charge in [-0.25, -0.2) is 4.79 Å². The number of aryl methyl sites for hydroxylation is 1. The number of amides is 3. The molecule has 1 aliphatic heterocycles. The zero-order chi connectivity index (χ0) is 33.9. The molecule has 9 nitrogen and oxygen atoms in total. The average molecular weight is 648 g/mol. The van der Waals surface area contributed by atoms with Gasteiger partial charge in [-0.15, -0.1) is 0 Å². The van der Waals surface area contributed by atoms with E-state index in [2.05, 4.69) is 70.7 Å². The van der Waals surface area contributed by atoms with Crippen LogP contribution < -0.4 is 26.2 Å². The van der Waals surface area contributed by atoms with Crippen molar-refractivity contribution >= 4 is 23.6 Å². The van der Waals surface area contributed by atoms with Gasteiger partial charge in [0.15, 0.2) is 0 Å². The third-order valence-corrected chi connectivity index (χ3v) is 8.49. The number of fused-ring (bicyclic) bond motifs is 1. The molecule has 3 amide bonds. The Kier molecular flexibility index (Phi) is 11.6. The molecule has 4 aromatic rings. The maximum absolute atomic E-state index is 14.1. The van der Waals surface area contributed by atoms with Crippen LogP contribution in [0.15, 0.2) is 103 Å². The Hall–Kier alpha value is -4.99. The van der Waals surface area contributed by atoms with Gasteiger partial charge in [-0.3, -0.25) is 9.59 Å². The van der Waals surface area contributed by atoms with E-state index < -0.39 is 23.6 Å². The van der Waals surface area contributed by atoms with Crippen molar-refractivity contribution in [2.75, 3.05) is 18.1 Å². The fourth-order valence-corrected chi connectivity index (χ4v) is 5.76. The molecule has 0 saturated heterocycles. The summed E-state index contributed by atoms with van der Waals surface area (Å²) in [6, 6.07) is 33.1. The molecule has 0 spiro atoms. The second-order valence-corrected chi connectivity index (χ2v) is 12.5. The number of rotatable bonds is 13. The Morgan fingerprint density at radius 1 is 0.854 bits per heavy atom. The zero-order valence-electron chi connectivity index (χ0n) is 27.9. The van der Waals surface area contributed by atoms with Crippen LogP contribution in [0.1, 0.15) is 49.4 Å². The number of alkyl carbamates (subject to hydrolysis) is 1. The van der Waals surface area contributed by atoms with Crippen molar-refractivity contribution in [3.8, 4) is 11.1 Å². The third-order valence-electron chi connectivity index (χ3n) is 8.49. The van der Waals surface area contributed by atoms with Gasteiger partial charge in [0.25, 0.3) is 0 Å². The van der Waals surface area contributed by atoms with E-state index in [9.17, 15) is 14.4 Å². The molecule has 4 aromatic carbocycles. The van der Waals surface area contributed by atoms with E-state index in [-0.39, 0.29) is 12.5 Å². The van der Waals surface area contributed by atoms with Crippen LogP contribution in [0.2, 0.25) is 0 Å². The summed E-state index contributed by atoms with van der Waals surface area (Å²) in [6.45, 7) is 8.11. The predicted molar refractivity (Wildman–Crippen MR) is 189 cm³/mol. The monoisotopic (exact) mass is 647 g/mol. The molecular formula is C39H45N5O4. The first-order chi connectivity index (χ1) is 23.2. The lowest BCUT2D eigenvalue weighted by Gasteiger charge is -2.30. The van der Waals surface area contributed by atoms with Gasteiger partial charge >= 0.3 is 6.09 Å². The number of ether oxygens (including phenoxy) is 1. The van der Waals surface area contributed by atoms with Crippen LogP contribution in [-0.2, 0) is 40.4 Å². The minimum atomic E-state index is -1.31. The van der Waals surface area contributed by atoms with E-state index in [4.69, 9.17) is 4.74 Å². The molecule has 0 saturated carbocycles. The van der Waals surface area contributed by atoms with Crippen LogP contribution in [0, 0.1) is 0 Å². The minimum Gasteiger partial charge on any atom is -0.445 e. The van der Waals surface area contributed by atoms with Crippen LogP contribution in [0.5, 0.6) is 0 Å². The highest BCUT2D eigenvalue weighted by molar-refractivity contribution is 6.01. The van der Waals surface area contributed by atoms with Crippen molar-refractivity contribution in [3.05, 3.63) is 125 Å². The average Bonchev–Trinajstić information content (AvgIpc) is 3.22. The van der Waals surface area contributed by atoms with Crippen molar-refractivity contribution in [2.24, 2.45) is 0 Å². The zero-order valence-corrected chi connectivity index (χ0v) is 27.9. The van der Waals surface area contributed by atoms with Crippen LogP contribution in [0.25, 0.3) is 11.1 Å². The maximum atomic E-state index is 14.1. The summed E-state index contributed by atoms with van der Waals surface area (Å²) in [6.07, 6.45) is 0.342. The first kappa shape index (κ1) is 34.3. The molecule has 9 heteroatoms. The van der Waals surface area contributed by atoms with Gasteiger partial charge < -0.3 is 30.9 Å². The van der Waals surface area contributed by atoms with E-state index >= 15 is 0 Å². The van der Waals surface area contributed by atoms with Gasteiger partial charge in [0, 0.05) is 18.9 Å². The van der Waals surface area contributed by atoms with Gasteiger partial charge in [-0.1, -0.05) is 104 Å². The summed E-state index contributed by atoms with van der Waals surface area (Å²) < 4.78 is 5.33. The molecule has 5 rings (SSSR count). The van der Waals surface area contributed by atoms with Gasteiger partial charge in [0.05, 0.1) is 6.54 Å². The minimum absolute atomic E-state index is 0.0835. The Morgan fingerprint density at radius 3 is 2.33 bits per heavy atom. The van der Waals surface area contributed by atoms with Crippen molar-refractivity contribution < 1.29 is 19.1 Å². The Labute approximate surface area is 283 Å². The number of nitrogens with one attached hydrogen (secondary N) is 4. The topological polar surface area (TPSA) is 112 Å². The lowest BCUT2D eigenvalue weighted by molar-refractivity contribution is -0.131. The lowest BCUT2D eigenvalue weighted by atomic mass is 9.98. The number of nitrogens with zero attached hydrogens (tertiary/aromatic N) is 1. The van der Waals surface area contributed by atoms with Crippen LogP contribution >= 0.6 is 0 Å². The van der Waals surface area contributed by atoms with Crippen LogP contribution in [-0.4, -0.2) is 42.7 Å². The first-order valence-corrected chi connectivity index (χ1v) is 16.5. The molecule has 0 fully saturated rings. The third kappa shape index (κ3) is 8.87. The summed E-state index contributed by atoms with van der Waals surface area (Å²) in [5, 5.41) is 12.3. The number of anilines is 1. The van der Waals surface area contributed by atoms with Crippen molar-refractivity contribution in [2.45, 2.75) is 64.9 Å². The van der Waals surface area contributed by atoms with Crippen molar-refractivity contribution in [1.29, 1.82) is 0 Å². The highest BCUT2D eigenvalue weighted by atomic mass is 16.5. The molecule has 250 valence electrons. The van der Waals surface area contributed by atoms with Gasteiger partial charge in [-0.05, 0) is 72.7 Å². The number of carbonyl (C=O) groups excluding carboxylic acids is 3. The lowest BCUT2D eigenvalue weighted by Crippen LogP contribution is -2.59. The Bertz CT molecular complexity index is 1690. The van der Waals surface area contributed by atoms with E-state index in [0.29, 0.717) is 19.4 Å². The first-order valence-electron chi connectivity index (χ1n) is 16.5. The molecule has 1 atom stereocenters. The molecule has 0 radical (unpaired) electrons. The normalized spacial score (nSPS) is 14.5. The maximum Gasteiger partial charge on any atom is 0.408 e. The predicted octanol–water partition coefficient (Wildman–Crippen LogP) is 5.68. The second-order valence-electron chi connectivity index (χ2n) is 12.5. The molecular weight excluding hydrogens is 602 g/mol. The summed E-state index contributed by atoms with van der Waals surface area (Å²) in [5.41, 5.74) is 5.84. The quantitative estimate of drug-likeness (QED) is 0.110. The highest BCUT2D eigenvalue weighted by Crippen LogP contribution is 2.30. The van der Waals surface area contributed by atoms with E-state index in [0.717, 1.165) is 53.3 Å². The van der Waals surface area contributed by atoms with Crippen LogP contribution in [0.4, 0.5) is 10.5 Å².